The minimum absolute atomic E-state index is 0.164. The normalized spacial score (nSPS) is 29.3. The first-order valence-electron chi connectivity index (χ1n) is 2.14. The summed E-state index contributed by atoms with van der Waals surface area (Å²) >= 11 is 2.12. The lowest BCUT2D eigenvalue weighted by molar-refractivity contribution is -0.116. The first-order chi connectivity index (χ1) is 3.30. The van der Waals surface area contributed by atoms with Crippen molar-refractivity contribution in [2.24, 2.45) is 0 Å². The fourth-order valence-corrected chi connectivity index (χ4v) is 1.07. The van der Waals surface area contributed by atoms with Crippen molar-refractivity contribution in [2.45, 2.75) is 10.3 Å². The van der Waals surface area contributed by atoms with E-state index in [1.807, 2.05) is 12.2 Å². The molecule has 0 fully saturated rings. The lowest BCUT2D eigenvalue weighted by atomic mass is 10.3. The third-order valence-corrected chi connectivity index (χ3v) is 2.04. The molecule has 38 valence electrons. The van der Waals surface area contributed by atoms with Gasteiger partial charge in [0.05, 0.1) is 3.92 Å². The van der Waals surface area contributed by atoms with E-state index in [2.05, 4.69) is 22.6 Å². The molecule has 0 radical (unpaired) electrons. The molecule has 0 aromatic heterocycles. The van der Waals surface area contributed by atoms with Crippen LogP contribution in [0, 0.1) is 0 Å². The summed E-state index contributed by atoms with van der Waals surface area (Å²) in [6, 6.07) is 0. The van der Waals surface area contributed by atoms with Crippen molar-refractivity contribution in [1.82, 2.24) is 0 Å². The van der Waals surface area contributed by atoms with Crippen LogP contribution >= 0.6 is 22.6 Å². The number of carbonyl (C=O) groups is 1. The minimum atomic E-state index is 0.164. The molecule has 7 heavy (non-hydrogen) atoms. The van der Waals surface area contributed by atoms with Crippen molar-refractivity contribution in [2.75, 3.05) is 0 Å². The summed E-state index contributed by atoms with van der Waals surface area (Å²) in [7, 11) is 0. The topological polar surface area (TPSA) is 17.1 Å². The Morgan fingerprint density at radius 1 is 1.86 bits per heavy atom. The molecule has 1 unspecified atom stereocenters. The molecule has 1 aliphatic rings. The summed E-state index contributed by atoms with van der Waals surface area (Å²) in [6.45, 7) is 0. The molecule has 0 spiro atoms. The van der Waals surface area contributed by atoms with E-state index in [9.17, 15) is 4.79 Å². The van der Waals surface area contributed by atoms with Crippen LogP contribution in [0.5, 0.6) is 0 Å². The van der Waals surface area contributed by atoms with Crippen LogP contribution in [0.1, 0.15) is 6.42 Å². The molecule has 0 aliphatic heterocycles. The summed E-state index contributed by atoms with van der Waals surface area (Å²) in [4.78, 5) is 10.5. The zero-order chi connectivity index (χ0) is 5.28. The molecule has 0 aromatic carbocycles. The Balaban J connectivity index is 2.62. The van der Waals surface area contributed by atoms with Crippen molar-refractivity contribution in [1.29, 1.82) is 0 Å². The number of allylic oxidation sites excluding steroid dienone is 2. The molecule has 2 heteroatoms. The van der Waals surface area contributed by atoms with E-state index in [0.717, 1.165) is 0 Å². The largest absolute Gasteiger partial charge is 0.298 e. The van der Waals surface area contributed by atoms with Gasteiger partial charge in [0.2, 0.25) is 0 Å². The molecule has 1 atom stereocenters. The van der Waals surface area contributed by atoms with E-state index in [1.165, 1.54) is 0 Å². The molecular formula is C5H5IO. The molecule has 0 saturated heterocycles. The van der Waals surface area contributed by atoms with Crippen LogP contribution in [-0.2, 0) is 4.79 Å². The number of hydrogen-bond acceptors (Lipinski definition) is 1. The Labute approximate surface area is 55.9 Å². The van der Waals surface area contributed by atoms with Crippen LogP contribution in [0.3, 0.4) is 0 Å². The van der Waals surface area contributed by atoms with Crippen LogP contribution < -0.4 is 0 Å². The minimum Gasteiger partial charge on any atom is -0.298 e. The van der Waals surface area contributed by atoms with E-state index >= 15 is 0 Å². The highest BCUT2D eigenvalue weighted by Gasteiger charge is 2.13. The van der Waals surface area contributed by atoms with Gasteiger partial charge < -0.3 is 0 Å². The van der Waals surface area contributed by atoms with Crippen LogP contribution in [0.15, 0.2) is 12.2 Å². The second kappa shape index (κ2) is 1.94. The molecular weight excluding hydrogens is 203 g/mol. The van der Waals surface area contributed by atoms with Gasteiger partial charge in [-0.3, -0.25) is 4.79 Å². The van der Waals surface area contributed by atoms with E-state index in [0.29, 0.717) is 12.2 Å². The van der Waals surface area contributed by atoms with Crippen molar-refractivity contribution < 1.29 is 4.79 Å². The average molecular weight is 208 g/mol. The smallest absolute Gasteiger partial charge is 0.153 e. The van der Waals surface area contributed by atoms with Gasteiger partial charge in [0.15, 0.2) is 5.78 Å². The number of alkyl halides is 1. The zero-order valence-electron chi connectivity index (χ0n) is 3.73. The Morgan fingerprint density at radius 2 is 2.57 bits per heavy atom. The van der Waals surface area contributed by atoms with Gasteiger partial charge in [0.25, 0.3) is 0 Å². The third-order valence-electron chi connectivity index (χ3n) is 0.932. The first kappa shape index (κ1) is 5.28. The monoisotopic (exact) mass is 208 g/mol. The van der Waals surface area contributed by atoms with Gasteiger partial charge in [-0.15, -0.1) is 0 Å². The van der Waals surface area contributed by atoms with Crippen LogP contribution in [0.2, 0.25) is 0 Å². The van der Waals surface area contributed by atoms with E-state index in [1.54, 1.807) is 0 Å². The van der Waals surface area contributed by atoms with E-state index in [4.69, 9.17) is 0 Å². The second-order valence-corrected chi connectivity index (χ2v) is 2.84. The number of carbonyl (C=O) groups excluding carboxylic acids is 1. The Bertz CT molecular complexity index is 117. The number of halogens is 1. The fraction of sp³-hybridized carbons (Fsp3) is 0.400. The third kappa shape index (κ3) is 1.02. The number of ketones is 1. The predicted octanol–water partition coefficient (Wildman–Crippen LogP) is 1.32. The molecule has 0 N–H and O–H groups in total. The highest BCUT2D eigenvalue weighted by atomic mass is 127. The summed E-state index contributed by atoms with van der Waals surface area (Å²) in [5.41, 5.74) is 0. The maximum absolute atomic E-state index is 10.5. The SMILES string of the molecule is O=C1CC=CC1I. The van der Waals surface area contributed by atoms with E-state index in [-0.39, 0.29) is 3.92 Å². The average Bonchev–Trinajstić information content (AvgIpc) is 1.91. The molecule has 0 saturated carbocycles. The Morgan fingerprint density at radius 3 is 2.71 bits per heavy atom. The van der Waals surface area contributed by atoms with Gasteiger partial charge in [-0.2, -0.15) is 0 Å². The van der Waals surface area contributed by atoms with Crippen LogP contribution in [0.4, 0.5) is 0 Å². The summed E-state index contributed by atoms with van der Waals surface area (Å²) < 4.78 is 0.164. The summed E-state index contributed by atoms with van der Waals surface area (Å²) in [5, 5.41) is 0. The molecule has 0 aromatic rings. The number of rotatable bonds is 0. The maximum atomic E-state index is 10.5. The molecule has 1 aliphatic carbocycles. The highest BCUT2D eigenvalue weighted by Crippen LogP contribution is 2.13. The molecule has 1 rings (SSSR count). The van der Waals surface area contributed by atoms with Gasteiger partial charge in [-0.25, -0.2) is 0 Å². The summed E-state index contributed by atoms with van der Waals surface area (Å²) in [5.74, 6) is 0.334. The number of Topliss-reactive ketones (excluding diaryl/α,β-unsaturated/α-hetero) is 1. The fourth-order valence-electron chi connectivity index (χ4n) is 0.524. The molecule has 0 bridgehead atoms. The Kier molecular flexibility index (Phi) is 1.46. The van der Waals surface area contributed by atoms with Gasteiger partial charge >= 0.3 is 0 Å². The Hall–Kier alpha value is 0.140. The molecule has 0 heterocycles. The van der Waals surface area contributed by atoms with Gasteiger partial charge in [0, 0.05) is 6.42 Å². The standard InChI is InChI=1S/C5H5IO/c6-4-2-1-3-5(4)7/h1-2,4H,3H2. The van der Waals surface area contributed by atoms with Crippen molar-refractivity contribution >= 4 is 28.4 Å². The van der Waals surface area contributed by atoms with Crippen molar-refractivity contribution in [3.05, 3.63) is 12.2 Å². The summed E-state index contributed by atoms with van der Waals surface area (Å²) in [6.07, 6.45) is 4.50. The van der Waals surface area contributed by atoms with Crippen LogP contribution in [0.25, 0.3) is 0 Å². The highest BCUT2D eigenvalue weighted by molar-refractivity contribution is 14.1. The molecule has 0 amide bonds. The van der Waals surface area contributed by atoms with Gasteiger partial charge in [-0.1, -0.05) is 34.7 Å². The number of hydrogen-bond donors (Lipinski definition) is 0. The van der Waals surface area contributed by atoms with Crippen molar-refractivity contribution in [3.8, 4) is 0 Å². The quantitative estimate of drug-likeness (QED) is 0.333. The maximum Gasteiger partial charge on any atom is 0.153 e. The predicted molar refractivity (Wildman–Crippen MR) is 36.6 cm³/mol. The first-order valence-corrected chi connectivity index (χ1v) is 3.39. The lowest BCUT2D eigenvalue weighted by Gasteiger charge is -1.87. The van der Waals surface area contributed by atoms with Gasteiger partial charge in [0.1, 0.15) is 0 Å². The second-order valence-electron chi connectivity index (χ2n) is 1.50. The van der Waals surface area contributed by atoms with Gasteiger partial charge in [-0.05, 0) is 0 Å². The molecule has 1 nitrogen and oxygen atoms in total. The van der Waals surface area contributed by atoms with Crippen molar-refractivity contribution in [3.63, 3.8) is 0 Å². The lowest BCUT2D eigenvalue weighted by Crippen LogP contribution is -2.02. The zero-order valence-corrected chi connectivity index (χ0v) is 5.88. The van der Waals surface area contributed by atoms with E-state index < -0.39 is 0 Å². The van der Waals surface area contributed by atoms with Crippen LogP contribution in [-0.4, -0.2) is 9.71 Å².